The van der Waals surface area contributed by atoms with E-state index in [0.717, 1.165) is 6.04 Å². The second-order valence-electron chi connectivity index (χ2n) is 5.42. The fraction of sp³-hybridized carbons (Fsp3) is 1.00. The molecule has 0 fully saturated rings. The third-order valence-corrected chi connectivity index (χ3v) is 5.68. The first-order valence-corrected chi connectivity index (χ1v) is 12.4. The highest BCUT2D eigenvalue weighted by Crippen LogP contribution is 2.14. The van der Waals surface area contributed by atoms with E-state index in [2.05, 4.69) is 6.92 Å². The molecule has 0 radical (unpaired) electrons. The first-order valence-electron chi connectivity index (χ1n) is 8.05. The maximum atomic E-state index is 5.82. The maximum absolute atomic E-state index is 5.82. The summed E-state index contributed by atoms with van der Waals surface area (Å²) in [6.45, 7) is 2.28. The van der Waals surface area contributed by atoms with Gasteiger partial charge in [-0.1, -0.05) is 90.4 Å². The minimum absolute atomic E-state index is 1.10. The highest BCUT2D eigenvalue weighted by molar-refractivity contribution is 7.33. The Bertz CT molecular complexity index is 151. The summed E-state index contributed by atoms with van der Waals surface area (Å²) < 4.78 is 0. The topological polar surface area (TPSA) is 0 Å². The predicted molar refractivity (Wildman–Crippen MR) is 89.4 cm³/mol. The van der Waals surface area contributed by atoms with Crippen LogP contribution in [0.25, 0.3) is 0 Å². The molecule has 110 valence electrons. The smallest absolute Gasteiger partial charge is 0.150 e. The van der Waals surface area contributed by atoms with Crippen molar-refractivity contribution in [2.75, 3.05) is 0 Å². The van der Waals surface area contributed by atoms with E-state index in [-0.39, 0.29) is 0 Å². The standard InChI is InChI=1S/C15H32Cl2Si/c1-2-3-4-5-6-7-8-9-10-11-12-13-14-15-18(16)17/h18H,2-15H2,1H3. The molecule has 0 bridgehead atoms. The van der Waals surface area contributed by atoms with E-state index in [1.165, 1.54) is 83.5 Å². The molecule has 3 heteroatoms. The van der Waals surface area contributed by atoms with E-state index < -0.39 is 7.42 Å². The van der Waals surface area contributed by atoms with E-state index in [4.69, 9.17) is 22.2 Å². The Hall–Kier alpha value is 0.797. The predicted octanol–water partition coefficient (Wildman–Crippen LogP) is 6.78. The first-order chi connectivity index (χ1) is 8.77. The molecule has 0 spiro atoms. The third-order valence-electron chi connectivity index (χ3n) is 3.53. The lowest BCUT2D eigenvalue weighted by atomic mass is 10.1. The van der Waals surface area contributed by atoms with Gasteiger partial charge in [-0.3, -0.25) is 0 Å². The van der Waals surface area contributed by atoms with E-state index in [9.17, 15) is 0 Å². The van der Waals surface area contributed by atoms with E-state index >= 15 is 0 Å². The van der Waals surface area contributed by atoms with Crippen molar-refractivity contribution in [3.63, 3.8) is 0 Å². The van der Waals surface area contributed by atoms with Crippen molar-refractivity contribution in [3.05, 3.63) is 0 Å². The summed E-state index contributed by atoms with van der Waals surface area (Å²) in [7, 11) is -1.31. The Morgan fingerprint density at radius 1 is 0.556 bits per heavy atom. The van der Waals surface area contributed by atoms with Gasteiger partial charge in [-0.25, -0.2) is 0 Å². The van der Waals surface area contributed by atoms with Crippen molar-refractivity contribution >= 4 is 29.6 Å². The summed E-state index contributed by atoms with van der Waals surface area (Å²) in [6.07, 6.45) is 18.3. The lowest BCUT2D eigenvalue weighted by Gasteiger charge is -2.03. The molecular formula is C15H32Cl2Si. The molecule has 0 saturated heterocycles. The zero-order chi connectivity index (χ0) is 13.5. The summed E-state index contributed by atoms with van der Waals surface area (Å²) in [5, 5.41) is 0. The second kappa shape index (κ2) is 15.9. The zero-order valence-electron chi connectivity index (χ0n) is 12.2. The molecule has 0 heterocycles. The fourth-order valence-corrected chi connectivity index (χ4v) is 3.84. The van der Waals surface area contributed by atoms with Gasteiger partial charge in [0.25, 0.3) is 0 Å². The molecule has 0 amide bonds. The summed E-state index contributed by atoms with van der Waals surface area (Å²) in [6, 6.07) is 1.10. The van der Waals surface area contributed by atoms with Crippen molar-refractivity contribution in [2.45, 2.75) is 96.4 Å². The van der Waals surface area contributed by atoms with Crippen molar-refractivity contribution in [2.24, 2.45) is 0 Å². The van der Waals surface area contributed by atoms with Gasteiger partial charge in [0.1, 0.15) is 0 Å². The fourth-order valence-electron chi connectivity index (χ4n) is 2.32. The number of hydrogen-bond donors (Lipinski definition) is 0. The van der Waals surface area contributed by atoms with Crippen LogP contribution in [0.5, 0.6) is 0 Å². The van der Waals surface area contributed by atoms with Crippen LogP contribution in [-0.2, 0) is 0 Å². The molecule has 0 aromatic carbocycles. The molecule has 0 aliphatic rings. The van der Waals surface area contributed by atoms with Gasteiger partial charge in [0.2, 0.25) is 7.42 Å². The van der Waals surface area contributed by atoms with Crippen LogP contribution in [0.4, 0.5) is 0 Å². The molecule has 18 heavy (non-hydrogen) atoms. The average Bonchev–Trinajstić information content (AvgIpc) is 2.34. The third kappa shape index (κ3) is 16.8. The highest BCUT2D eigenvalue weighted by atomic mass is 35.7. The summed E-state index contributed by atoms with van der Waals surface area (Å²) in [4.78, 5) is 0. The van der Waals surface area contributed by atoms with Gasteiger partial charge in [-0.15, -0.1) is 0 Å². The monoisotopic (exact) mass is 310 g/mol. The van der Waals surface area contributed by atoms with Crippen molar-refractivity contribution in [3.8, 4) is 0 Å². The van der Waals surface area contributed by atoms with Crippen LogP contribution in [-0.4, -0.2) is 7.42 Å². The molecule has 0 saturated carbocycles. The average molecular weight is 311 g/mol. The number of hydrogen-bond acceptors (Lipinski definition) is 0. The van der Waals surface area contributed by atoms with Crippen LogP contribution in [0.2, 0.25) is 6.04 Å². The Balaban J connectivity index is 2.90. The Labute approximate surface area is 126 Å². The zero-order valence-corrected chi connectivity index (χ0v) is 14.9. The summed E-state index contributed by atoms with van der Waals surface area (Å²) in [5.41, 5.74) is 0. The lowest BCUT2D eigenvalue weighted by molar-refractivity contribution is 0.542. The largest absolute Gasteiger partial charge is 0.237 e. The van der Waals surface area contributed by atoms with Crippen molar-refractivity contribution in [1.29, 1.82) is 0 Å². The number of rotatable bonds is 14. The van der Waals surface area contributed by atoms with Gasteiger partial charge in [-0.05, 0) is 6.04 Å². The Morgan fingerprint density at radius 3 is 1.22 bits per heavy atom. The molecule has 0 aromatic heterocycles. The van der Waals surface area contributed by atoms with E-state index in [1.807, 2.05) is 0 Å². The molecule has 0 N–H and O–H groups in total. The van der Waals surface area contributed by atoms with Gasteiger partial charge >= 0.3 is 0 Å². The van der Waals surface area contributed by atoms with Gasteiger partial charge in [0.05, 0.1) is 0 Å². The van der Waals surface area contributed by atoms with Crippen LogP contribution in [0.15, 0.2) is 0 Å². The normalized spacial score (nSPS) is 11.3. The van der Waals surface area contributed by atoms with Gasteiger partial charge in [-0.2, -0.15) is 22.2 Å². The lowest BCUT2D eigenvalue weighted by Crippen LogP contribution is -1.91. The molecule has 0 rings (SSSR count). The quantitative estimate of drug-likeness (QED) is 0.188. The van der Waals surface area contributed by atoms with Gasteiger partial charge in [0, 0.05) is 0 Å². The van der Waals surface area contributed by atoms with Crippen LogP contribution in [0, 0.1) is 0 Å². The molecule has 0 aliphatic carbocycles. The van der Waals surface area contributed by atoms with E-state index in [1.54, 1.807) is 0 Å². The summed E-state index contributed by atoms with van der Waals surface area (Å²) in [5.74, 6) is 0. The van der Waals surface area contributed by atoms with Crippen molar-refractivity contribution in [1.82, 2.24) is 0 Å². The maximum Gasteiger partial charge on any atom is 0.237 e. The SMILES string of the molecule is CCCCCCCCCCCCCCC[SiH](Cl)Cl. The molecule has 0 aromatic rings. The first kappa shape index (κ1) is 18.8. The number of halogens is 2. The molecule has 0 atom stereocenters. The minimum Gasteiger partial charge on any atom is -0.150 e. The molecular weight excluding hydrogens is 279 g/mol. The van der Waals surface area contributed by atoms with E-state index in [0.29, 0.717) is 0 Å². The van der Waals surface area contributed by atoms with Gasteiger partial charge < -0.3 is 0 Å². The number of unbranched alkanes of at least 4 members (excludes halogenated alkanes) is 12. The summed E-state index contributed by atoms with van der Waals surface area (Å²) >= 11 is 11.6. The van der Waals surface area contributed by atoms with Crippen LogP contribution in [0.3, 0.4) is 0 Å². The van der Waals surface area contributed by atoms with Crippen molar-refractivity contribution < 1.29 is 0 Å². The van der Waals surface area contributed by atoms with Crippen LogP contribution in [0.1, 0.15) is 90.4 Å². The van der Waals surface area contributed by atoms with Crippen LogP contribution < -0.4 is 0 Å². The highest BCUT2D eigenvalue weighted by Gasteiger charge is 2.00. The Kier molecular flexibility index (Phi) is 16.6. The van der Waals surface area contributed by atoms with Gasteiger partial charge in [0.15, 0.2) is 0 Å². The minimum atomic E-state index is -1.31. The second-order valence-corrected chi connectivity index (χ2v) is 10.6. The molecule has 0 unspecified atom stereocenters. The molecule has 0 aliphatic heterocycles. The van der Waals surface area contributed by atoms with Crippen LogP contribution >= 0.6 is 22.2 Å². The Morgan fingerprint density at radius 2 is 0.889 bits per heavy atom. The molecule has 0 nitrogen and oxygen atoms in total.